The second-order valence-electron chi connectivity index (χ2n) is 5.20. The number of aliphatic hydroxyl groups is 1. The summed E-state index contributed by atoms with van der Waals surface area (Å²) < 4.78 is 41.6. The van der Waals surface area contributed by atoms with Crippen molar-refractivity contribution in [2.45, 2.75) is 56.8 Å². The van der Waals surface area contributed by atoms with E-state index >= 15 is 0 Å². The molecule has 1 heterocycles. The number of rotatable bonds is 7. The number of ether oxygens (including phenoxy) is 1. The fourth-order valence-electron chi connectivity index (χ4n) is 2.07. The summed E-state index contributed by atoms with van der Waals surface area (Å²) in [6.45, 7) is 2.91. The molecule has 1 aliphatic rings. The summed E-state index contributed by atoms with van der Waals surface area (Å²) in [6.07, 6.45) is -2.48. The fourth-order valence-corrected chi connectivity index (χ4v) is 2.07. The summed E-state index contributed by atoms with van der Waals surface area (Å²) in [5.41, 5.74) is -0.656. The van der Waals surface area contributed by atoms with Crippen molar-refractivity contribution in [3.8, 4) is 0 Å². The highest BCUT2D eigenvalue weighted by molar-refractivity contribution is 4.84. The van der Waals surface area contributed by atoms with Crippen LogP contribution in [-0.2, 0) is 4.74 Å². The quantitative estimate of drug-likeness (QED) is 0.744. The van der Waals surface area contributed by atoms with Gasteiger partial charge in [-0.15, -0.1) is 0 Å². The van der Waals surface area contributed by atoms with Gasteiger partial charge in [-0.2, -0.15) is 13.2 Å². The molecule has 3 nitrogen and oxygen atoms in total. The molecule has 0 spiro atoms. The lowest BCUT2D eigenvalue weighted by molar-refractivity contribution is -0.136. The Morgan fingerprint density at radius 3 is 2.56 bits per heavy atom. The second-order valence-corrected chi connectivity index (χ2v) is 5.20. The molecule has 0 saturated carbocycles. The predicted molar refractivity (Wildman–Crippen MR) is 62.4 cm³/mol. The Balaban J connectivity index is 2.27. The summed E-state index contributed by atoms with van der Waals surface area (Å²) >= 11 is 0. The highest BCUT2D eigenvalue weighted by atomic mass is 19.4. The van der Waals surface area contributed by atoms with Crippen molar-refractivity contribution in [1.82, 2.24) is 5.32 Å². The van der Waals surface area contributed by atoms with E-state index in [1.807, 2.05) is 0 Å². The molecule has 1 saturated heterocycles. The zero-order chi connectivity index (χ0) is 13.6. The molecule has 2 atom stereocenters. The van der Waals surface area contributed by atoms with Gasteiger partial charge in [-0.25, -0.2) is 0 Å². The van der Waals surface area contributed by atoms with Crippen molar-refractivity contribution < 1.29 is 23.0 Å². The first-order valence-electron chi connectivity index (χ1n) is 6.39. The minimum absolute atomic E-state index is 0.0269. The second kappa shape index (κ2) is 6.73. The van der Waals surface area contributed by atoms with Crippen LogP contribution in [0.15, 0.2) is 0 Å². The molecule has 108 valence electrons. The van der Waals surface area contributed by atoms with Crippen molar-refractivity contribution in [3.05, 3.63) is 0 Å². The lowest BCUT2D eigenvalue weighted by Gasteiger charge is -2.30. The predicted octanol–water partition coefficient (Wildman–Crippen LogP) is 2.24. The van der Waals surface area contributed by atoms with Crippen LogP contribution in [0.2, 0.25) is 0 Å². The van der Waals surface area contributed by atoms with E-state index in [4.69, 9.17) is 4.74 Å². The van der Waals surface area contributed by atoms with Crippen LogP contribution in [0.4, 0.5) is 13.2 Å². The van der Waals surface area contributed by atoms with E-state index in [9.17, 15) is 18.3 Å². The molecule has 0 aromatic heterocycles. The molecule has 1 aliphatic heterocycles. The molecule has 2 unspecified atom stereocenters. The maximum atomic E-state index is 12.1. The zero-order valence-electron chi connectivity index (χ0n) is 10.7. The standard InChI is InChI=1S/C12H22F3NO2/c1-11(9-17,5-3-6-12(13,14)15)16-8-10-4-2-7-18-10/h10,16-17H,2-9H2,1H3. The van der Waals surface area contributed by atoms with Crippen molar-refractivity contribution in [2.24, 2.45) is 0 Å². The summed E-state index contributed by atoms with van der Waals surface area (Å²) in [4.78, 5) is 0. The molecule has 6 heteroatoms. The third kappa shape index (κ3) is 6.02. The van der Waals surface area contributed by atoms with Crippen LogP contribution in [-0.4, -0.2) is 42.7 Å². The SMILES string of the molecule is CC(CO)(CCCC(F)(F)F)NCC1CCCO1. The van der Waals surface area contributed by atoms with Gasteiger partial charge < -0.3 is 15.2 Å². The van der Waals surface area contributed by atoms with Crippen LogP contribution in [0.1, 0.15) is 39.0 Å². The van der Waals surface area contributed by atoms with Gasteiger partial charge in [0.2, 0.25) is 0 Å². The Labute approximate surface area is 106 Å². The average Bonchev–Trinajstić information content (AvgIpc) is 2.77. The Hall–Kier alpha value is -0.330. The van der Waals surface area contributed by atoms with Gasteiger partial charge in [0.25, 0.3) is 0 Å². The molecule has 0 amide bonds. The largest absolute Gasteiger partial charge is 0.394 e. The maximum Gasteiger partial charge on any atom is 0.389 e. The lowest BCUT2D eigenvalue weighted by atomic mass is 9.95. The summed E-state index contributed by atoms with van der Waals surface area (Å²) in [7, 11) is 0. The van der Waals surface area contributed by atoms with Gasteiger partial charge in [-0.1, -0.05) is 0 Å². The third-order valence-electron chi connectivity index (χ3n) is 3.32. The number of nitrogens with one attached hydrogen (secondary N) is 1. The Morgan fingerprint density at radius 1 is 1.33 bits per heavy atom. The van der Waals surface area contributed by atoms with E-state index in [2.05, 4.69) is 5.32 Å². The highest BCUT2D eigenvalue weighted by Crippen LogP contribution is 2.25. The van der Waals surface area contributed by atoms with E-state index < -0.39 is 18.1 Å². The van der Waals surface area contributed by atoms with Crippen LogP contribution in [0.25, 0.3) is 0 Å². The molecule has 18 heavy (non-hydrogen) atoms. The molecule has 0 aromatic carbocycles. The number of halogens is 3. The van der Waals surface area contributed by atoms with Crippen molar-refractivity contribution in [3.63, 3.8) is 0 Å². The first kappa shape index (κ1) is 15.7. The molecule has 1 fully saturated rings. The van der Waals surface area contributed by atoms with Crippen molar-refractivity contribution in [2.75, 3.05) is 19.8 Å². The summed E-state index contributed by atoms with van der Waals surface area (Å²) in [5.74, 6) is 0. The molecular formula is C12H22F3NO2. The molecule has 0 aliphatic carbocycles. The van der Waals surface area contributed by atoms with Crippen LogP contribution in [0.3, 0.4) is 0 Å². The number of hydrogen-bond donors (Lipinski definition) is 2. The molecule has 0 bridgehead atoms. The molecule has 2 N–H and O–H groups in total. The zero-order valence-corrected chi connectivity index (χ0v) is 10.7. The molecular weight excluding hydrogens is 247 g/mol. The first-order valence-corrected chi connectivity index (χ1v) is 6.39. The minimum atomic E-state index is -4.12. The summed E-state index contributed by atoms with van der Waals surface area (Å²) in [5, 5.41) is 12.4. The van der Waals surface area contributed by atoms with Crippen molar-refractivity contribution in [1.29, 1.82) is 0 Å². The summed E-state index contributed by atoms with van der Waals surface area (Å²) in [6, 6.07) is 0. The van der Waals surface area contributed by atoms with Gasteiger partial charge in [0.05, 0.1) is 12.7 Å². The topological polar surface area (TPSA) is 41.5 Å². The van der Waals surface area contributed by atoms with Gasteiger partial charge in [0, 0.05) is 25.1 Å². The fraction of sp³-hybridized carbons (Fsp3) is 1.00. The maximum absolute atomic E-state index is 12.1. The van der Waals surface area contributed by atoms with Crippen LogP contribution >= 0.6 is 0 Å². The Morgan fingerprint density at radius 2 is 2.06 bits per heavy atom. The Bertz CT molecular complexity index is 242. The number of alkyl halides is 3. The Kier molecular flexibility index (Phi) is 5.88. The van der Waals surface area contributed by atoms with E-state index in [0.29, 0.717) is 13.0 Å². The molecule has 0 aromatic rings. The first-order chi connectivity index (χ1) is 8.35. The van der Waals surface area contributed by atoms with Crippen LogP contribution in [0.5, 0.6) is 0 Å². The van der Waals surface area contributed by atoms with Crippen LogP contribution < -0.4 is 5.32 Å². The lowest BCUT2D eigenvalue weighted by Crippen LogP contribution is -2.48. The van der Waals surface area contributed by atoms with Gasteiger partial charge in [-0.3, -0.25) is 0 Å². The van der Waals surface area contributed by atoms with E-state index in [1.54, 1.807) is 6.92 Å². The van der Waals surface area contributed by atoms with Crippen LogP contribution in [0, 0.1) is 0 Å². The minimum Gasteiger partial charge on any atom is -0.394 e. The number of hydrogen-bond acceptors (Lipinski definition) is 3. The van der Waals surface area contributed by atoms with Crippen molar-refractivity contribution >= 4 is 0 Å². The van der Waals surface area contributed by atoms with E-state index in [0.717, 1.165) is 19.4 Å². The molecule has 1 rings (SSSR count). The van der Waals surface area contributed by atoms with E-state index in [1.165, 1.54) is 0 Å². The van der Waals surface area contributed by atoms with Gasteiger partial charge in [-0.05, 0) is 32.6 Å². The normalized spacial score (nSPS) is 24.2. The monoisotopic (exact) mass is 269 g/mol. The smallest absolute Gasteiger partial charge is 0.389 e. The third-order valence-corrected chi connectivity index (χ3v) is 3.32. The molecule has 0 radical (unpaired) electrons. The van der Waals surface area contributed by atoms with Gasteiger partial charge in [0.15, 0.2) is 0 Å². The average molecular weight is 269 g/mol. The van der Waals surface area contributed by atoms with Gasteiger partial charge >= 0.3 is 6.18 Å². The van der Waals surface area contributed by atoms with E-state index in [-0.39, 0.29) is 19.1 Å². The highest BCUT2D eigenvalue weighted by Gasteiger charge is 2.30. The number of aliphatic hydroxyl groups excluding tert-OH is 1. The van der Waals surface area contributed by atoms with Gasteiger partial charge in [0.1, 0.15) is 0 Å².